The normalized spacial score (nSPS) is 11.0. The number of hydrogen-bond acceptors (Lipinski definition) is 4. The molecule has 1 aromatic rings. The highest BCUT2D eigenvalue weighted by molar-refractivity contribution is 6.33. The van der Waals surface area contributed by atoms with Gasteiger partial charge in [-0.05, 0) is 39.4 Å². The van der Waals surface area contributed by atoms with Crippen molar-refractivity contribution in [2.75, 3.05) is 32.0 Å². The van der Waals surface area contributed by atoms with E-state index in [0.29, 0.717) is 23.4 Å². The van der Waals surface area contributed by atoms with Gasteiger partial charge in [-0.3, -0.25) is 4.79 Å². The quantitative estimate of drug-likeness (QED) is 0.775. The number of hydrogen-bond donors (Lipinski definition) is 2. The van der Waals surface area contributed by atoms with Crippen LogP contribution in [0.25, 0.3) is 0 Å². The average molecular weight is 313 g/mol. The molecule has 0 aliphatic heterocycles. The molecule has 1 rings (SSSR count). The van der Waals surface area contributed by atoms with Crippen LogP contribution in [0.1, 0.15) is 37.7 Å². The van der Waals surface area contributed by atoms with Crippen LogP contribution in [-0.2, 0) is 0 Å². The van der Waals surface area contributed by atoms with E-state index in [9.17, 15) is 4.79 Å². The summed E-state index contributed by atoms with van der Waals surface area (Å²) in [6.07, 6.45) is 0.993. The maximum atomic E-state index is 12.1. The molecular weight excluding hydrogens is 288 g/mol. The van der Waals surface area contributed by atoms with Crippen LogP contribution in [0.4, 0.5) is 5.82 Å². The molecule has 2 N–H and O–H groups in total. The molecule has 1 heterocycles. The van der Waals surface area contributed by atoms with Crippen molar-refractivity contribution in [1.82, 2.24) is 15.2 Å². The molecule has 21 heavy (non-hydrogen) atoms. The fraction of sp³-hybridized carbons (Fsp3) is 0.600. The Morgan fingerprint density at radius 3 is 2.71 bits per heavy atom. The molecule has 0 radical (unpaired) electrons. The van der Waals surface area contributed by atoms with E-state index < -0.39 is 0 Å². The highest BCUT2D eigenvalue weighted by atomic mass is 35.5. The number of rotatable bonds is 8. The van der Waals surface area contributed by atoms with Gasteiger partial charge in [0.1, 0.15) is 11.5 Å². The Balaban J connectivity index is 2.60. The summed E-state index contributed by atoms with van der Waals surface area (Å²) in [5.74, 6) is 0.433. The maximum Gasteiger partial charge on any atom is 0.271 e. The Hall–Kier alpha value is -1.33. The molecule has 0 bridgehead atoms. The Bertz CT molecular complexity index is 465. The number of aromatic nitrogens is 1. The van der Waals surface area contributed by atoms with Gasteiger partial charge in [0.25, 0.3) is 5.91 Å². The van der Waals surface area contributed by atoms with Crippen LogP contribution in [0.5, 0.6) is 0 Å². The number of amides is 1. The first-order chi connectivity index (χ1) is 9.95. The van der Waals surface area contributed by atoms with Crippen LogP contribution in [0.15, 0.2) is 12.1 Å². The van der Waals surface area contributed by atoms with Crippen molar-refractivity contribution in [3.8, 4) is 0 Å². The minimum absolute atomic E-state index is 0.239. The van der Waals surface area contributed by atoms with E-state index in [2.05, 4.69) is 41.3 Å². The van der Waals surface area contributed by atoms with Crippen molar-refractivity contribution in [2.24, 2.45) is 0 Å². The van der Waals surface area contributed by atoms with Crippen LogP contribution in [0, 0.1) is 0 Å². The minimum atomic E-state index is -0.239. The molecule has 0 saturated carbocycles. The zero-order valence-electron chi connectivity index (χ0n) is 13.2. The van der Waals surface area contributed by atoms with Crippen molar-refractivity contribution < 1.29 is 4.79 Å². The average Bonchev–Trinajstić information content (AvgIpc) is 2.45. The fourth-order valence-electron chi connectivity index (χ4n) is 1.64. The lowest BCUT2D eigenvalue weighted by molar-refractivity contribution is 0.0943. The molecule has 1 amide bonds. The first-order valence-electron chi connectivity index (χ1n) is 7.34. The number of nitrogens with zero attached hydrogens (tertiary/aromatic N) is 2. The van der Waals surface area contributed by atoms with Crippen LogP contribution >= 0.6 is 11.6 Å². The molecule has 0 aliphatic rings. The third-order valence-electron chi connectivity index (χ3n) is 3.25. The molecule has 5 nitrogen and oxygen atoms in total. The van der Waals surface area contributed by atoms with E-state index in [1.807, 2.05) is 7.05 Å². The van der Waals surface area contributed by atoms with Crippen molar-refractivity contribution in [3.63, 3.8) is 0 Å². The highest BCUT2D eigenvalue weighted by Crippen LogP contribution is 2.16. The molecule has 6 heteroatoms. The van der Waals surface area contributed by atoms with E-state index in [4.69, 9.17) is 11.6 Å². The van der Waals surface area contributed by atoms with E-state index in [1.54, 1.807) is 12.1 Å². The third kappa shape index (κ3) is 5.89. The number of anilines is 1. The summed E-state index contributed by atoms with van der Waals surface area (Å²) in [7, 11) is 2.03. The topological polar surface area (TPSA) is 57.3 Å². The van der Waals surface area contributed by atoms with Gasteiger partial charge in [0.2, 0.25) is 0 Å². The first-order valence-corrected chi connectivity index (χ1v) is 7.72. The van der Waals surface area contributed by atoms with Gasteiger partial charge in [-0.2, -0.15) is 0 Å². The second-order valence-corrected chi connectivity index (χ2v) is 5.69. The number of carbonyl (C=O) groups is 1. The second-order valence-electron chi connectivity index (χ2n) is 5.28. The molecule has 0 unspecified atom stereocenters. The zero-order valence-corrected chi connectivity index (χ0v) is 14.0. The summed E-state index contributed by atoms with van der Waals surface area (Å²) in [6, 6.07) is 3.92. The third-order valence-corrected chi connectivity index (χ3v) is 3.55. The summed E-state index contributed by atoms with van der Waals surface area (Å²) in [5, 5.41) is 6.37. The van der Waals surface area contributed by atoms with Gasteiger partial charge in [-0.15, -0.1) is 0 Å². The Morgan fingerprint density at radius 2 is 2.10 bits per heavy atom. The van der Waals surface area contributed by atoms with Crippen molar-refractivity contribution in [3.05, 3.63) is 22.8 Å². The SMILES string of the molecule is CCCNc1ccc(Cl)c(C(=O)NCCN(C)C(C)C)n1. The summed E-state index contributed by atoms with van der Waals surface area (Å²) in [6.45, 7) is 8.47. The van der Waals surface area contributed by atoms with E-state index in [0.717, 1.165) is 19.5 Å². The summed E-state index contributed by atoms with van der Waals surface area (Å²) in [5.41, 5.74) is 0.268. The Labute approximate surface area is 132 Å². The minimum Gasteiger partial charge on any atom is -0.370 e. The number of nitrogens with one attached hydrogen (secondary N) is 2. The van der Waals surface area contributed by atoms with Crippen LogP contribution in [0.2, 0.25) is 5.02 Å². The number of carbonyl (C=O) groups excluding carboxylic acids is 1. The predicted octanol–water partition coefficient (Wildman–Crippen LogP) is 2.63. The van der Waals surface area contributed by atoms with Gasteiger partial charge >= 0.3 is 0 Å². The summed E-state index contributed by atoms with van der Waals surface area (Å²) >= 11 is 6.06. The summed E-state index contributed by atoms with van der Waals surface area (Å²) in [4.78, 5) is 18.6. The van der Waals surface area contributed by atoms with Crippen LogP contribution in [-0.4, -0.2) is 48.5 Å². The van der Waals surface area contributed by atoms with E-state index >= 15 is 0 Å². The Morgan fingerprint density at radius 1 is 1.38 bits per heavy atom. The van der Waals surface area contributed by atoms with E-state index in [1.165, 1.54) is 0 Å². The van der Waals surface area contributed by atoms with Gasteiger partial charge in [-0.25, -0.2) is 4.98 Å². The van der Waals surface area contributed by atoms with Crippen LogP contribution in [0.3, 0.4) is 0 Å². The largest absolute Gasteiger partial charge is 0.370 e. The van der Waals surface area contributed by atoms with Gasteiger partial charge in [-0.1, -0.05) is 18.5 Å². The van der Waals surface area contributed by atoms with Gasteiger partial charge in [0.05, 0.1) is 5.02 Å². The molecule has 0 fully saturated rings. The van der Waals surface area contributed by atoms with Gasteiger partial charge < -0.3 is 15.5 Å². The molecule has 0 spiro atoms. The number of likely N-dealkylation sites (N-methyl/N-ethyl adjacent to an activating group) is 1. The fourth-order valence-corrected chi connectivity index (χ4v) is 1.83. The molecule has 0 saturated heterocycles. The molecular formula is C15H25ClN4O. The van der Waals surface area contributed by atoms with Crippen molar-refractivity contribution in [2.45, 2.75) is 33.2 Å². The first kappa shape index (κ1) is 17.7. The molecule has 0 aliphatic carbocycles. The Kier molecular flexibility index (Phi) is 7.47. The lowest BCUT2D eigenvalue weighted by atomic mass is 10.3. The molecule has 118 valence electrons. The molecule has 1 aromatic heterocycles. The van der Waals surface area contributed by atoms with Crippen molar-refractivity contribution >= 4 is 23.3 Å². The maximum absolute atomic E-state index is 12.1. The van der Waals surface area contributed by atoms with E-state index in [-0.39, 0.29) is 11.6 Å². The lowest BCUT2D eigenvalue weighted by Gasteiger charge is -2.20. The second kappa shape index (κ2) is 8.85. The standard InChI is InChI=1S/C15H25ClN4O/c1-5-8-17-13-7-6-12(16)14(19-13)15(21)18-9-10-20(4)11(2)3/h6-7,11H,5,8-10H2,1-4H3,(H,17,19)(H,18,21). The molecule has 0 atom stereocenters. The lowest BCUT2D eigenvalue weighted by Crippen LogP contribution is -2.36. The number of pyridine rings is 1. The van der Waals surface area contributed by atoms with Gasteiger partial charge in [0, 0.05) is 25.7 Å². The smallest absolute Gasteiger partial charge is 0.271 e. The van der Waals surface area contributed by atoms with Crippen LogP contribution < -0.4 is 10.6 Å². The van der Waals surface area contributed by atoms with Gasteiger partial charge in [0.15, 0.2) is 0 Å². The summed E-state index contributed by atoms with van der Waals surface area (Å²) < 4.78 is 0. The zero-order chi connectivity index (χ0) is 15.8. The van der Waals surface area contributed by atoms with Crippen molar-refractivity contribution in [1.29, 1.82) is 0 Å². The monoisotopic (exact) mass is 312 g/mol. The predicted molar refractivity (Wildman–Crippen MR) is 88.1 cm³/mol. The highest BCUT2D eigenvalue weighted by Gasteiger charge is 2.13. The number of halogens is 1. The molecule has 0 aromatic carbocycles.